The van der Waals surface area contributed by atoms with Gasteiger partial charge in [0.15, 0.2) is 5.96 Å². The summed E-state index contributed by atoms with van der Waals surface area (Å²) >= 11 is 0. The van der Waals surface area contributed by atoms with E-state index in [2.05, 4.69) is 45.8 Å². The predicted octanol–water partition coefficient (Wildman–Crippen LogP) is 2.41. The molecule has 3 rings (SSSR count). The van der Waals surface area contributed by atoms with E-state index >= 15 is 0 Å². The van der Waals surface area contributed by atoms with E-state index in [1.807, 2.05) is 18.2 Å². The minimum absolute atomic E-state index is 0.0737. The number of aliphatic imine (C=N–C) groups is 1. The standard InChI is InChI=1S/C23H37N5O2/c1-4-17(5-2)21(28-10-12-30-13-11-28)16-26-23(24-3)25-15-18-14-22(29)27-20-9-7-6-8-19(18)20/h6-9,17-18,21H,4-5,10-16H2,1-3H3,(H,27,29)(H2,24,25,26). The summed E-state index contributed by atoms with van der Waals surface area (Å²) < 4.78 is 5.56. The lowest BCUT2D eigenvalue weighted by Gasteiger charge is -2.39. The Balaban J connectivity index is 1.59. The van der Waals surface area contributed by atoms with E-state index < -0.39 is 0 Å². The number of rotatable bonds is 8. The third-order valence-corrected chi connectivity index (χ3v) is 6.43. The van der Waals surface area contributed by atoms with Gasteiger partial charge in [-0.2, -0.15) is 0 Å². The number of benzene rings is 1. The highest BCUT2D eigenvalue weighted by Crippen LogP contribution is 2.31. The van der Waals surface area contributed by atoms with Crippen molar-refractivity contribution in [2.45, 2.75) is 45.1 Å². The van der Waals surface area contributed by atoms with Crippen molar-refractivity contribution in [2.75, 3.05) is 51.8 Å². The minimum Gasteiger partial charge on any atom is -0.379 e. The minimum atomic E-state index is 0.0737. The first-order valence-electron chi connectivity index (χ1n) is 11.3. The maximum atomic E-state index is 12.1. The van der Waals surface area contributed by atoms with Crippen molar-refractivity contribution in [3.63, 3.8) is 0 Å². The van der Waals surface area contributed by atoms with Crippen LogP contribution in [-0.4, -0.2) is 69.2 Å². The molecule has 0 aromatic heterocycles. The van der Waals surface area contributed by atoms with Crippen molar-refractivity contribution in [1.29, 1.82) is 0 Å². The Labute approximate surface area is 180 Å². The van der Waals surface area contributed by atoms with Crippen LogP contribution in [0.1, 0.15) is 44.6 Å². The summed E-state index contributed by atoms with van der Waals surface area (Å²) in [4.78, 5) is 19.1. The molecule has 0 saturated carbocycles. The molecule has 166 valence electrons. The van der Waals surface area contributed by atoms with Gasteiger partial charge in [0.25, 0.3) is 0 Å². The number of ether oxygens (including phenoxy) is 1. The molecule has 2 atom stereocenters. The molecule has 1 aromatic carbocycles. The van der Waals surface area contributed by atoms with E-state index in [4.69, 9.17) is 4.74 Å². The van der Waals surface area contributed by atoms with Crippen molar-refractivity contribution in [2.24, 2.45) is 10.9 Å². The molecule has 2 unspecified atom stereocenters. The lowest BCUT2D eigenvalue weighted by Crippen LogP contribution is -2.53. The maximum absolute atomic E-state index is 12.1. The second-order valence-corrected chi connectivity index (χ2v) is 8.16. The molecule has 3 N–H and O–H groups in total. The van der Waals surface area contributed by atoms with E-state index in [0.29, 0.717) is 24.9 Å². The Kier molecular flexibility index (Phi) is 8.51. The zero-order chi connectivity index (χ0) is 21.3. The second-order valence-electron chi connectivity index (χ2n) is 8.16. The Morgan fingerprint density at radius 3 is 2.67 bits per heavy atom. The number of para-hydroxylation sites is 1. The number of nitrogens with zero attached hydrogens (tertiary/aromatic N) is 2. The van der Waals surface area contributed by atoms with Gasteiger partial charge in [-0.1, -0.05) is 44.9 Å². The van der Waals surface area contributed by atoms with Gasteiger partial charge in [0.1, 0.15) is 0 Å². The number of nitrogens with one attached hydrogen (secondary N) is 3. The molecular formula is C23H37N5O2. The third-order valence-electron chi connectivity index (χ3n) is 6.43. The molecule has 7 nitrogen and oxygen atoms in total. The summed E-state index contributed by atoms with van der Waals surface area (Å²) in [5.74, 6) is 1.65. The maximum Gasteiger partial charge on any atom is 0.225 e. The third kappa shape index (κ3) is 5.73. The summed E-state index contributed by atoms with van der Waals surface area (Å²) in [5, 5.41) is 9.96. The number of fused-ring (bicyclic) bond motifs is 1. The Bertz CT molecular complexity index is 713. The number of hydrogen-bond acceptors (Lipinski definition) is 4. The monoisotopic (exact) mass is 415 g/mol. The van der Waals surface area contributed by atoms with Gasteiger partial charge in [-0.05, 0) is 17.5 Å². The van der Waals surface area contributed by atoms with Crippen LogP contribution >= 0.6 is 0 Å². The molecule has 0 aliphatic carbocycles. The normalized spacial score (nSPS) is 21.1. The molecule has 2 aliphatic heterocycles. The van der Waals surface area contributed by atoms with Gasteiger partial charge in [0.2, 0.25) is 5.91 Å². The van der Waals surface area contributed by atoms with Crippen LogP contribution in [0.25, 0.3) is 0 Å². The highest BCUT2D eigenvalue weighted by atomic mass is 16.5. The average molecular weight is 416 g/mol. The molecule has 2 aliphatic rings. The van der Waals surface area contributed by atoms with Crippen LogP contribution < -0.4 is 16.0 Å². The first-order chi connectivity index (χ1) is 14.7. The summed E-state index contributed by atoms with van der Waals surface area (Å²) in [7, 11) is 1.80. The molecule has 0 radical (unpaired) electrons. The van der Waals surface area contributed by atoms with Crippen LogP contribution in [0.3, 0.4) is 0 Å². The summed E-state index contributed by atoms with van der Waals surface area (Å²) in [5.41, 5.74) is 2.10. The number of guanidine groups is 1. The lowest BCUT2D eigenvalue weighted by atomic mass is 9.90. The number of morpholine rings is 1. The predicted molar refractivity (Wildman–Crippen MR) is 122 cm³/mol. The van der Waals surface area contributed by atoms with Crippen LogP contribution in [0.15, 0.2) is 29.3 Å². The van der Waals surface area contributed by atoms with Gasteiger partial charge >= 0.3 is 0 Å². The molecule has 0 spiro atoms. The zero-order valence-corrected chi connectivity index (χ0v) is 18.6. The highest BCUT2D eigenvalue weighted by molar-refractivity contribution is 5.94. The number of amides is 1. The van der Waals surface area contributed by atoms with Crippen molar-refractivity contribution in [1.82, 2.24) is 15.5 Å². The van der Waals surface area contributed by atoms with Crippen LogP contribution in [0.5, 0.6) is 0 Å². The molecule has 30 heavy (non-hydrogen) atoms. The quantitative estimate of drug-likeness (QED) is 0.449. The summed E-state index contributed by atoms with van der Waals surface area (Å²) in [6, 6.07) is 8.51. The molecule has 1 aromatic rings. The molecule has 0 bridgehead atoms. The molecular weight excluding hydrogens is 378 g/mol. The summed E-state index contributed by atoms with van der Waals surface area (Å²) in [6.07, 6.45) is 2.82. The van der Waals surface area contributed by atoms with Crippen LogP contribution in [-0.2, 0) is 9.53 Å². The average Bonchev–Trinajstić information content (AvgIpc) is 2.78. The van der Waals surface area contributed by atoms with Crippen molar-refractivity contribution >= 4 is 17.6 Å². The topological polar surface area (TPSA) is 78.0 Å². The van der Waals surface area contributed by atoms with Gasteiger partial charge in [0.05, 0.1) is 13.2 Å². The Morgan fingerprint density at radius 1 is 1.23 bits per heavy atom. The van der Waals surface area contributed by atoms with Gasteiger partial charge in [0, 0.05) is 57.3 Å². The van der Waals surface area contributed by atoms with E-state index in [1.54, 1.807) is 7.05 Å². The van der Waals surface area contributed by atoms with Crippen molar-refractivity contribution in [3.05, 3.63) is 29.8 Å². The SMILES string of the molecule is CCC(CC)C(CNC(=NC)NCC1CC(=O)Nc2ccccc21)N1CCOCC1. The van der Waals surface area contributed by atoms with Gasteiger partial charge in [-0.25, -0.2) is 0 Å². The van der Waals surface area contributed by atoms with Crippen molar-refractivity contribution < 1.29 is 9.53 Å². The fourth-order valence-electron chi connectivity index (χ4n) is 4.66. The van der Waals surface area contributed by atoms with Crippen LogP contribution in [0, 0.1) is 5.92 Å². The molecule has 1 amide bonds. The van der Waals surface area contributed by atoms with Crippen molar-refractivity contribution in [3.8, 4) is 0 Å². The number of hydrogen-bond donors (Lipinski definition) is 3. The number of carbonyl (C=O) groups excluding carboxylic acids is 1. The van der Waals surface area contributed by atoms with Crippen LogP contribution in [0.4, 0.5) is 5.69 Å². The molecule has 1 fully saturated rings. The first kappa shape index (κ1) is 22.6. The van der Waals surface area contributed by atoms with Gasteiger partial charge in [-0.3, -0.25) is 14.7 Å². The van der Waals surface area contributed by atoms with Crippen LogP contribution in [0.2, 0.25) is 0 Å². The van der Waals surface area contributed by atoms with Gasteiger partial charge in [-0.15, -0.1) is 0 Å². The molecule has 1 saturated heterocycles. The number of anilines is 1. The fourth-order valence-corrected chi connectivity index (χ4v) is 4.66. The summed E-state index contributed by atoms with van der Waals surface area (Å²) in [6.45, 7) is 9.69. The Hall–Kier alpha value is -2.12. The lowest BCUT2D eigenvalue weighted by molar-refractivity contribution is -0.116. The smallest absolute Gasteiger partial charge is 0.225 e. The zero-order valence-electron chi connectivity index (χ0n) is 18.6. The number of carbonyl (C=O) groups is 1. The fraction of sp³-hybridized carbons (Fsp3) is 0.652. The first-order valence-corrected chi connectivity index (χ1v) is 11.3. The Morgan fingerprint density at radius 2 is 1.97 bits per heavy atom. The van der Waals surface area contributed by atoms with E-state index in [9.17, 15) is 4.79 Å². The second kappa shape index (κ2) is 11.3. The van der Waals surface area contributed by atoms with E-state index in [1.165, 1.54) is 18.4 Å². The van der Waals surface area contributed by atoms with Gasteiger partial charge < -0.3 is 20.7 Å². The van der Waals surface area contributed by atoms with E-state index in [0.717, 1.165) is 44.5 Å². The molecule has 2 heterocycles. The van der Waals surface area contributed by atoms with E-state index in [-0.39, 0.29) is 11.8 Å². The highest BCUT2D eigenvalue weighted by Gasteiger charge is 2.28. The largest absolute Gasteiger partial charge is 0.379 e. The molecule has 7 heteroatoms.